The molecular weight excluding hydrogens is 206 g/mol. The molecule has 0 atom stereocenters. The van der Waals surface area contributed by atoms with E-state index in [0.717, 1.165) is 12.0 Å². The zero-order valence-corrected chi connectivity index (χ0v) is 9.13. The summed E-state index contributed by atoms with van der Waals surface area (Å²) in [4.78, 5) is 23.1. The minimum Gasteiger partial charge on any atom is -0.427 e. The molecule has 1 aliphatic heterocycles. The molecule has 2 heterocycles. The summed E-state index contributed by atoms with van der Waals surface area (Å²) in [6.07, 6.45) is 1.98. The van der Waals surface area contributed by atoms with Crippen molar-refractivity contribution in [3.63, 3.8) is 0 Å². The van der Waals surface area contributed by atoms with E-state index in [4.69, 9.17) is 4.42 Å². The number of rotatable bonds is 2. The molecule has 4 heteroatoms. The SMILES string of the molecule is C=C1Cc2oc(=O)cc(CCC)c2C(=O)N1. The Morgan fingerprint density at radius 1 is 1.50 bits per heavy atom. The lowest BCUT2D eigenvalue weighted by atomic mass is 9.98. The first-order chi connectivity index (χ1) is 7.61. The quantitative estimate of drug-likeness (QED) is 0.817. The van der Waals surface area contributed by atoms with Gasteiger partial charge in [0, 0.05) is 18.2 Å². The van der Waals surface area contributed by atoms with E-state index in [1.165, 1.54) is 6.07 Å². The highest BCUT2D eigenvalue weighted by molar-refractivity contribution is 5.98. The van der Waals surface area contributed by atoms with Crippen LogP contribution in [0.1, 0.15) is 35.0 Å². The van der Waals surface area contributed by atoms with Crippen LogP contribution in [0.3, 0.4) is 0 Å². The van der Waals surface area contributed by atoms with Crippen molar-refractivity contribution in [3.05, 3.63) is 45.6 Å². The molecule has 1 aromatic heterocycles. The zero-order chi connectivity index (χ0) is 11.7. The summed E-state index contributed by atoms with van der Waals surface area (Å²) in [6.45, 7) is 5.68. The first-order valence-corrected chi connectivity index (χ1v) is 5.27. The normalized spacial score (nSPS) is 14.6. The van der Waals surface area contributed by atoms with Gasteiger partial charge in [-0.3, -0.25) is 4.79 Å². The van der Waals surface area contributed by atoms with Crippen LogP contribution in [0.4, 0.5) is 0 Å². The fourth-order valence-electron chi connectivity index (χ4n) is 1.92. The van der Waals surface area contributed by atoms with Crippen LogP contribution in [0.2, 0.25) is 0 Å². The van der Waals surface area contributed by atoms with Crippen LogP contribution >= 0.6 is 0 Å². The van der Waals surface area contributed by atoms with Crippen molar-refractivity contribution in [2.45, 2.75) is 26.2 Å². The highest BCUT2D eigenvalue weighted by Gasteiger charge is 2.24. The number of nitrogens with one attached hydrogen (secondary N) is 1. The Labute approximate surface area is 93.0 Å². The van der Waals surface area contributed by atoms with Crippen molar-refractivity contribution in [2.75, 3.05) is 0 Å². The number of hydrogen-bond donors (Lipinski definition) is 1. The van der Waals surface area contributed by atoms with E-state index in [2.05, 4.69) is 11.9 Å². The van der Waals surface area contributed by atoms with Gasteiger partial charge >= 0.3 is 5.63 Å². The highest BCUT2D eigenvalue weighted by atomic mass is 16.4. The lowest BCUT2D eigenvalue weighted by Crippen LogP contribution is -2.32. The Kier molecular flexibility index (Phi) is 2.64. The van der Waals surface area contributed by atoms with Gasteiger partial charge in [-0.15, -0.1) is 0 Å². The number of aryl methyl sites for hydroxylation is 1. The number of carbonyl (C=O) groups is 1. The predicted molar refractivity (Wildman–Crippen MR) is 59.3 cm³/mol. The van der Waals surface area contributed by atoms with Crippen molar-refractivity contribution in [3.8, 4) is 0 Å². The molecule has 1 aromatic rings. The van der Waals surface area contributed by atoms with E-state index in [9.17, 15) is 9.59 Å². The second-order valence-electron chi connectivity index (χ2n) is 3.87. The van der Waals surface area contributed by atoms with Gasteiger partial charge in [-0.25, -0.2) is 4.79 Å². The molecule has 4 nitrogen and oxygen atoms in total. The summed E-state index contributed by atoms with van der Waals surface area (Å²) < 4.78 is 5.05. The Bertz CT molecular complexity index is 513. The summed E-state index contributed by atoms with van der Waals surface area (Å²) in [5, 5.41) is 2.66. The van der Waals surface area contributed by atoms with Gasteiger partial charge in [0.2, 0.25) is 0 Å². The van der Waals surface area contributed by atoms with Crippen LogP contribution in [0.25, 0.3) is 0 Å². The maximum atomic E-state index is 11.8. The monoisotopic (exact) mass is 219 g/mol. The van der Waals surface area contributed by atoms with Crippen molar-refractivity contribution in [1.29, 1.82) is 0 Å². The second-order valence-corrected chi connectivity index (χ2v) is 3.87. The standard InChI is InChI=1S/C12H13NO3/c1-3-4-8-6-10(14)16-9-5-7(2)13-12(15)11(8)9/h6H,2-5H2,1H3,(H,13,15). The first-order valence-electron chi connectivity index (χ1n) is 5.27. The zero-order valence-electron chi connectivity index (χ0n) is 9.13. The van der Waals surface area contributed by atoms with Crippen LogP contribution in [-0.4, -0.2) is 5.91 Å². The van der Waals surface area contributed by atoms with Crippen molar-refractivity contribution in [2.24, 2.45) is 0 Å². The van der Waals surface area contributed by atoms with E-state index in [1.807, 2.05) is 6.92 Å². The van der Waals surface area contributed by atoms with Gasteiger partial charge in [-0.1, -0.05) is 19.9 Å². The molecule has 2 rings (SSSR count). The molecule has 0 spiro atoms. The van der Waals surface area contributed by atoms with Gasteiger partial charge in [-0.05, 0) is 12.0 Å². The van der Waals surface area contributed by atoms with E-state index in [-0.39, 0.29) is 5.91 Å². The maximum absolute atomic E-state index is 11.8. The predicted octanol–water partition coefficient (Wildman–Crippen LogP) is 1.39. The second kappa shape index (κ2) is 3.96. The third-order valence-electron chi connectivity index (χ3n) is 2.53. The van der Waals surface area contributed by atoms with Crippen LogP contribution in [0, 0.1) is 0 Å². The molecule has 0 aromatic carbocycles. The molecular formula is C12H13NO3. The van der Waals surface area contributed by atoms with E-state index < -0.39 is 5.63 Å². The Morgan fingerprint density at radius 2 is 2.25 bits per heavy atom. The Hall–Kier alpha value is -1.84. The summed E-state index contributed by atoms with van der Waals surface area (Å²) >= 11 is 0. The van der Waals surface area contributed by atoms with Gasteiger partial charge < -0.3 is 9.73 Å². The average molecular weight is 219 g/mol. The van der Waals surface area contributed by atoms with Gasteiger partial charge in [0.25, 0.3) is 5.91 Å². The fourth-order valence-corrected chi connectivity index (χ4v) is 1.92. The van der Waals surface area contributed by atoms with Crippen molar-refractivity contribution >= 4 is 5.91 Å². The lowest BCUT2D eigenvalue weighted by Gasteiger charge is -2.19. The maximum Gasteiger partial charge on any atom is 0.336 e. The number of hydrogen-bond acceptors (Lipinski definition) is 3. The average Bonchev–Trinajstić information content (AvgIpc) is 2.15. The third kappa shape index (κ3) is 1.78. The summed E-state index contributed by atoms with van der Waals surface area (Å²) in [6, 6.07) is 1.40. The molecule has 0 bridgehead atoms. The molecule has 1 N–H and O–H groups in total. The smallest absolute Gasteiger partial charge is 0.336 e. The van der Waals surface area contributed by atoms with E-state index in [1.54, 1.807) is 0 Å². The highest BCUT2D eigenvalue weighted by Crippen LogP contribution is 2.20. The molecule has 0 radical (unpaired) electrons. The summed E-state index contributed by atoms with van der Waals surface area (Å²) in [5.74, 6) is 0.211. The largest absolute Gasteiger partial charge is 0.427 e. The first kappa shape index (κ1) is 10.7. The van der Waals surface area contributed by atoms with Gasteiger partial charge in [0.15, 0.2) is 0 Å². The number of allylic oxidation sites excluding steroid dienone is 1. The van der Waals surface area contributed by atoms with Crippen LogP contribution in [0.5, 0.6) is 0 Å². The van der Waals surface area contributed by atoms with Crippen LogP contribution < -0.4 is 10.9 Å². The summed E-state index contributed by atoms with van der Waals surface area (Å²) in [5.41, 5.74) is 1.44. The molecule has 0 saturated carbocycles. The minimum absolute atomic E-state index is 0.224. The number of carbonyl (C=O) groups excluding carboxylic acids is 1. The Balaban J connectivity index is 2.61. The molecule has 16 heavy (non-hydrogen) atoms. The van der Waals surface area contributed by atoms with E-state index >= 15 is 0 Å². The third-order valence-corrected chi connectivity index (χ3v) is 2.53. The molecule has 0 unspecified atom stereocenters. The molecule has 0 saturated heterocycles. The minimum atomic E-state index is -0.398. The van der Waals surface area contributed by atoms with Crippen molar-refractivity contribution in [1.82, 2.24) is 5.32 Å². The van der Waals surface area contributed by atoms with E-state index in [0.29, 0.717) is 29.9 Å². The molecule has 1 aliphatic rings. The number of fused-ring (bicyclic) bond motifs is 1. The molecule has 0 aliphatic carbocycles. The number of amides is 1. The molecule has 1 amide bonds. The van der Waals surface area contributed by atoms with Crippen LogP contribution in [0.15, 0.2) is 27.6 Å². The van der Waals surface area contributed by atoms with Crippen molar-refractivity contribution < 1.29 is 9.21 Å². The van der Waals surface area contributed by atoms with Crippen LogP contribution in [-0.2, 0) is 12.8 Å². The topological polar surface area (TPSA) is 59.3 Å². The Morgan fingerprint density at radius 3 is 2.94 bits per heavy atom. The van der Waals surface area contributed by atoms with Gasteiger partial charge in [0.1, 0.15) is 5.76 Å². The molecule has 84 valence electrons. The van der Waals surface area contributed by atoms with Gasteiger partial charge in [-0.2, -0.15) is 0 Å². The molecule has 0 fully saturated rings. The fraction of sp³-hybridized carbons (Fsp3) is 0.333. The summed E-state index contributed by atoms with van der Waals surface area (Å²) in [7, 11) is 0. The van der Waals surface area contributed by atoms with Gasteiger partial charge in [0.05, 0.1) is 5.56 Å². The lowest BCUT2D eigenvalue weighted by molar-refractivity contribution is 0.0952.